The SMILES string of the molecule is CCCCc1ccc(NC(=O)/C(C#N)=C\NCCCCCC(=O)O)cc1. The summed E-state index contributed by atoms with van der Waals surface area (Å²) in [6.45, 7) is 2.73. The van der Waals surface area contributed by atoms with Crippen LogP contribution in [0.1, 0.15) is 51.0 Å². The summed E-state index contributed by atoms with van der Waals surface area (Å²) in [4.78, 5) is 22.5. The zero-order chi connectivity index (χ0) is 19.2. The van der Waals surface area contributed by atoms with Crippen LogP contribution in [0, 0.1) is 11.3 Å². The van der Waals surface area contributed by atoms with Crippen LogP contribution in [0.3, 0.4) is 0 Å². The Hall–Kier alpha value is -2.81. The monoisotopic (exact) mass is 357 g/mol. The van der Waals surface area contributed by atoms with Gasteiger partial charge in [0, 0.05) is 24.9 Å². The second-order valence-corrected chi connectivity index (χ2v) is 6.08. The van der Waals surface area contributed by atoms with Crippen LogP contribution in [0.2, 0.25) is 0 Å². The lowest BCUT2D eigenvalue weighted by Gasteiger charge is -2.06. The average molecular weight is 357 g/mol. The van der Waals surface area contributed by atoms with Crippen molar-refractivity contribution in [2.75, 3.05) is 11.9 Å². The van der Waals surface area contributed by atoms with Gasteiger partial charge in [0.2, 0.25) is 0 Å². The van der Waals surface area contributed by atoms with E-state index in [0.717, 1.165) is 32.1 Å². The third kappa shape index (κ3) is 8.88. The third-order valence-corrected chi connectivity index (χ3v) is 3.85. The van der Waals surface area contributed by atoms with Gasteiger partial charge >= 0.3 is 5.97 Å². The Bertz CT molecular complexity index is 645. The Morgan fingerprint density at radius 2 is 1.88 bits per heavy atom. The van der Waals surface area contributed by atoms with E-state index in [0.29, 0.717) is 18.7 Å². The molecule has 6 heteroatoms. The van der Waals surface area contributed by atoms with Crippen molar-refractivity contribution in [1.82, 2.24) is 5.32 Å². The molecule has 1 aromatic carbocycles. The number of nitriles is 1. The molecule has 140 valence electrons. The normalized spacial score (nSPS) is 10.8. The molecule has 1 aromatic rings. The fourth-order valence-electron chi connectivity index (χ4n) is 2.34. The van der Waals surface area contributed by atoms with Gasteiger partial charge in [-0.1, -0.05) is 31.9 Å². The summed E-state index contributed by atoms with van der Waals surface area (Å²) in [5.74, 6) is -1.24. The van der Waals surface area contributed by atoms with E-state index in [9.17, 15) is 9.59 Å². The van der Waals surface area contributed by atoms with Crippen LogP contribution in [0.5, 0.6) is 0 Å². The largest absolute Gasteiger partial charge is 0.481 e. The van der Waals surface area contributed by atoms with E-state index in [-0.39, 0.29) is 12.0 Å². The summed E-state index contributed by atoms with van der Waals surface area (Å²) < 4.78 is 0. The van der Waals surface area contributed by atoms with Crippen molar-refractivity contribution in [3.63, 3.8) is 0 Å². The van der Waals surface area contributed by atoms with E-state index >= 15 is 0 Å². The van der Waals surface area contributed by atoms with E-state index in [4.69, 9.17) is 10.4 Å². The quantitative estimate of drug-likeness (QED) is 0.301. The minimum Gasteiger partial charge on any atom is -0.481 e. The van der Waals surface area contributed by atoms with Gasteiger partial charge in [-0.25, -0.2) is 0 Å². The number of aliphatic carboxylic acids is 1. The third-order valence-electron chi connectivity index (χ3n) is 3.85. The number of unbranched alkanes of at least 4 members (excludes halogenated alkanes) is 3. The number of benzene rings is 1. The molecule has 0 fully saturated rings. The average Bonchev–Trinajstić information content (AvgIpc) is 2.63. The Morgan fingerprint density at radius 1 is 1.15 bits per heavy atom. The van der Waals surface area contributed by atoms with E-state index in [1.807, 2.05) is 30.3 Å². The predicted octanol–water partition coefficient (Wildman–Crippen LogP) is 3.61. The minimum absolute atomic E-state index is 0.00518. The van der Waals surface area contributed by atoms with E-state index in [1.165, 1.54) is 11.8 Å². The van der Waals surface area contributed by atoms with Crippen molar-refractivity contribution in [3.05, 3.63) is 41.6 Å². The lowest BCUT2D eigenvalue weighted by atomic mass is 10.1. The summed E-state index contributed by atoms with van der Waals surface area (Å²) in [7, 11) is 0. The minimum atomic E-state index is -0.792. The van der Waals surface area contributed by atoms with Gasteiger partial charge in [-0.2, -0.15) is 5.26 Å². The zero-order valence-electron chi connectivity index (χ0n) is 15.3. The molecule has 26 heavy (non-hydrogen) atoms. The molecule has 1 rings (SSSR count). The fourth-order valence-corrected chi connectivity index (χ4v) is 2.34. The smallest absolute Gasteiger partial charge is 0.303 e. The molecule has 0 atom stereocenters. The second kappa shape index (κ2) is 12.5. The number of rotatable bonds is 12. The molecule has 0 aliphatic rings. The van der Waals surface area contributed by atoms with Crippen molar-refractivity contribution in [2.45, 2.75) is 51.9 Å². The highest BCUT2D eigenvalue weighted by Gasteiger charge is 2.09. The topological polar surface area (TPSA) is 102 Å². The molecule has 0 unspecified atom stereocenters. The van der Waals surface area contributed by atoms with Gasteiger partial charge < -0.3 is 15.7 Å². The summed E-state index contributed by atoms with van der Waals surface area (Å²) >= 11 is 0. The van der Waals surface area contributed by atoms with Gasteiger partial charge in [-0.15, -0.1) is 0 Å². The maximum atomic E-state index is 12.1. The lowest BCUT2D eigenvalue weighted by molar-refractivity contribution is -0.137. The van der Waals surface area contributed by atoms with Crippen molar-refractivity contribution in [2.24, 2.45) is 0 Å². The Balaban J connectivity index is 2.40. The van der Waals surface area contributed by atoms with E-state index < -0.39 is 11.9 Å². The maximum absolute atomic E-state index is 12.1. The lowest BCUT2D eigenvalue weighted by Crippen LogP contribution is -2.17. The molecule has 0 aliphatic heterocycles. The highest BCUT2D eigenvalue weighted by molar-refractivity contribution is 6.06. The first-order chi connectivity index (χ1) is 12.6. The first-order valence-electron chi connectivity index (χ1n) is 9.02. The number of carboxylic acids is 1. The molecular weight excluding hydrogens is 330 g/mol. The van der Waals surface area contributed by atoms with Gasteiger partial charge in [0.05, 0.1) is 0 Å². The molecule has 6 nitrogen and oxygen atoms in total. The van der Waals surface area contributed by atoms with Gasteiger partial charge in [0.15, 0.2) is 0 Å². The molecule has 0 spiro atoms. The van der Waals surface area contributed by atoms with E-state index in [2.05, 4.69) is 17.6 Å². The number of hydrogen-bond donors (Lipinski definition) is 3. The number of carbonyl (C=O) groups excluding carboxylic acids is 1. The van der Waals surface area contributed by atoms with Crippen molar-refractivity contribution < 1.29 is 14.7 Å². The molecule has 0 aliphatic carbocycles. The molecule has 0 saturated carbocycles. The van der Waals surface area contributed by atoms with Gasteiger partial charge in [-0.05, 0) is 43.4 Å². The summed E-state index contributed by atoms with van der Waals surface area (Å²) in [5, 5.41) is 23.3. The van der Waals surface area contributed by atoms with Crippen LogP contribution in [-0.2, 0) is 16.0 Å². The van der Waals surface area contributed by atoms with E-state index in [1.54, 1.807) is 0 Å². The Labute approximate surface area is 154 Å². The number of nitrogens with zero attached hydrogens (tertiary/aromatic N) is 1. The van der Waals surface area contributed by atoms with Crippen LogP contribution in [0.4, 0.5) is 5.69 Å². The molecule has 0 saturated heterocycles. The second-order valence-electron chi connectivity index (χ2n) is 6.08. The summed E-state index contributed by atoms with van der Waals surface area (Å²) in [5.41, 5.74) is 1.89. The number of hydrogen-bond acceptors (Lipinski definition) is 4. The van der Waals surface area contributed by atoms with Crippen LogP contribution in [-0.4, -0.2) is 23.5 Å². The predicted molar refractivity (Wildman–Crippen MR) is 101 cm³/mol. The molecule has 1 amide bonds. The number of carbonyl (C=O) groups is 2. The zero-order valence-corrected chi connectivity index (χ0v) is 15.3. The summed E-state index contributed by atoms with van der Waals surface area (Å²) in [6.07, 6.45) is 7.05. The molecular formula is C20H27N3O3. The first-order valence-corrected chi connectivity index (χ1v) is 9.02. The summed E-state index contributed by atoms with van der Waals surface area (Å²) in [6, 6.07) is 9.53. The molecule has 0 radical (unpaired) electrons. The van der Waals surface area contributed by atoms with Crippen molar-refractivity contribution >= 4 is 17.6 Å². The van der Waals surface area contributed by atoms with Gasteiger partial charge in [-0.3, -0.25) is 9.59 Å². The molecule has 0 aromatic heterocycles. The highest BCUT2D eigenvalue weighted by atomic mass is 16.4. The number of amides is 1. The van der Waals surface area contributed by atoms with Crippen molar-refractivity contribution in [1.29, 1.82) is 5.26 Å². The van der Waals surface area contributed by atoms with Crippen LogP contribution < -0.4 is 10.6 Å². The molecule has 0 heterocycles. The Morgan fingerprint density at radius 3 is 2.50 bits per heavy atom. The van der Waals surface area contributed by atoms with Crippen molar-refractivity contribution in [3.8, 4) is 6.07 Å². The number of anilines is 1. The van der Waals surface area contributed by atoms with Gasteiger partial charge in [0.25, 0.3) is 5.91 Å². The van der Waals surface area contributed by atoms with Crippen LogP contribution in [0.15, 0.2) is 36.0 Å². The molecule has 0 bridgehead atoms. The maximum Gasteiger partial charge on any atom is 0.303 e. The number of carboxylic acid groups (broad SMARTS) is 1. The first kappa shape index (κ1) is 21.2. The fraction of sp³-hybridized carbons (Fsp3) is 0.450. The highest BCUT2D eigenvalue weighted by Crippen LogP contribution is 2.12. The number of nitrogens with one attached hydrogen (secondary N) is 2. The number of aryl methyl sites for hydroxylation is 1. The van der Waals surface area contributed by atoms with Gasteiger partial charge in [0.1, 0.15) is 11.6 Å². The van der Waals surface area contributed by atoms with Crippen LogP contribution in [0.25, 0.3) is 0 Å². The molecule has 3 N–H and O–H groups in total. The standard InChI is InChI=1S/C20H27N3O3/c1-2-3-7-16-9-11-18(12-10-16)23-20(26)17(14-21)15-22-13-6-4-5-8-19(24)25/h9-12,15,22H,2-8,13H2,1H3,(H,23,26)(H,24,25)/b17-15-. The van der Waals surface area contributed by atoms with Crippen LogP contribution >= 0.6 is 0 Å². The Kier molecular flexibility index (Phi) is 10.2.